The predicted molar refractivity (Wildman–Crippen MR) is 78.7 cm³/mol. The Balaban J connectivity index is 2.47. The van der Waals surface area contributed by atoms with Gasteiger partial charge in [0.1, 0.15) is 5.58 Å². The van der Waals surface area contributed by atoms with E-state index in [9.17, 15) is 9.59 Å². The fraction of sp³-hybridized carbons (Fsp3) is 0.375. The molecule has 1 aromatic heterocycles. The summed E-state index contributed by atoms with van der Waals surface area (Å²) in [4.78, 5) is 22.9. The average molecular weight is 273 g/mol. The lowest BCUT2D eigenvalue weighted by Crippen LogP contribution is -2.22. The highest BCUT2D eigenvalue weighted by Gasteiger charge is 2.09. The molecule has 4 nitrogen and oxygen atoms in total. The number of benzene rings is 1. The molecular formula is C16H19NO3. The minimum atomic E-state index is -0.393. The zero-order valence-corrected chi connectivity index (χ0v) is 12.0. The van der Waals surface area contributed by atoms with Crippen LogP contribution in [-0.2, 0) is 11.3 Å². The monoisotopic (exact) mass is 273 g/mol. The lowest BCUT2D eigenvalue weighted by atomic mass is 9.99. The Bertz CT molecular complexity index is 686. The van der Waals surface area contributed by atoms with Crippen molar-refractivity contribution in [1.82, 2.24) is 5.32 Å². The maximum absolute atomic E-state index is 11.6. The standard InChI is InChI=1S/C16H19NO3/c1-4-15(18)17-9-12-8-16(19)20-14-6-5-11(10(2)3)7-13(12)14/h5-8,10H,4,9H2,1-3H3,(H,17,18). The third-order valence-electron chi connectivity index (χ3n) is 3.32. The van der Waals surface area contributed by atoms with E-state index < -0.39 is 5.63 Å². The third-order valence-corrected chi connectivity index (χ3v) is 3.32. The van der Waals surface area contributed by atoms with Gasteiger partial charge in [-0.2, -0.15) is 0 Å². The molecule has 0 aliphatic carbocycles. The molecule has 0 saturated carbocycles. The van der Waals surface area contributed by atoms with Crippen LogP contribution in [0, 0.1) is 0 Å². The van der Waals surface area contributed by atoms with Crippen LogP contribution in [0.1, 0.15) is 44.2 Å². The lowest BCUT2D eigenvalue weighted by molar-refractivity contribution is -0.120. The fourth-order valence-electron chi connectivity index (χ4n) is 2.07. The van der Waals surface area contributed by atoms with Gasteiger partial charge in [-0.05, 0) is 29.2 Å². The first-order valence-electron chi connectivity index (χ1n) is 6.84. The molecule has 0 atom stereocenters. The van der Waals surface area contributed by atoms with Crippen molar-refractivity contribution in [3.8, 4) is 0 Å². The predicted octanol–water partition coefficient (Wildman–Crippen LogP) is 2.94. The zero-order valence-electron chi connectivity index (χ0n) is 12.0. The number of nitrogens with one attached hydrogen (secondary N) is 1. The highest BCUT2D eigenvalue weighted by Crippen LogP contribution is 2.23. The lowest BCUT2D eigenvalue weighted by Gasteiger charge is -2.10. The molecule has 0 fully saturated rings. The molecule has 4 heteroatoms. The van der Waals surface area contributed by atoms with Crippen molar-refractivity contribution < 1.29 is 9.21 Å². The molecule has 1 heterocycles. The number of hydrogen-bond donors (Lipinski definition) is 1. The van der Waals surface area contributed by atoms with Gasteiger partial charge in [0.25, 0.3) is 0 Å². The van der Waals surface area contributed by atoms with Crippen molar-refractivity contribution in [3.05, 3.63) is 45.8 Å². The number of fused-ring (bicyclic) bond motifs is 1. The molecule has 1 N–H and O–H groups in total. The maximum Gasteiger partial charge on any atom is 0.336 e. The van der Waals surface area contributed by atoms with Crippen LogP contribution >= 0.6 is 0 Å². The number of carbonyl (C=O) groups is 1. The van der Waals surface area contributed by atoms with E-state index in [4.69, 9.17) is 4.42 Å². The van der Waals surface area contributed by atoms with Gasteiger partial charge < -0.3 is 9.73 Å². The van der Waals surface area contributed by atoms with E-state index in [1.165, 1.54) is 11.6 Å². The quantitative estimate of drug-likeness (QED) is 0.871. The highest BCUT2D eigenvalue weighted by atomic mass is 16.4. The van der Waals surface area contributed by atoms with Gasteiger partial charge in [0, 0.05) is 24.4 Å². The van der Waals surface area contributed by atoms with Crippen LogP contribution in [0.2, 0.25) is 0 Å². The van der Waals surface area contributed by atoms with E-state index in [-0.39, 0.29) is 5.91 Å². The molecule has 2 aromatic rings. The van der Waals surface area contributed by atoms with E-state index in [1.807, 2.05) is 18.2 Å². The SMILES string of the molecule is CCC(=O)NCc1cc(=O)oc2ccc(C(C)C)cc12. The van der Waals surface area contributed by atoms with Crippen LogP contribution in [0.15, 0.2) is 33.5 Å². The van der Waals surface area contributed by atoms with E-state index in [0.29, 0.717) is 24.5 Å². The van der Waals surface area contributed by atoms with Crippen LogP contribution in [0.5, 0.6) is 0 Å². The molecule has 1 amide bonds. The summed E-state index contributed by atoms with van der Waals surface area (Å²) in [5, 5.41) is 3.68. The molecule has 106 valence electrons. The van der Waals surface area contributed by atoms with Gasteiger partial charge in [0.15, 0.2) is 0 Å². The minimum Gasteiger partial charge on any atom is -0.423 e. The van der Waals surface area contributed by atoms with Crippen molar-refractivity contribution >= 4 is 16.9 Å². The summed E-state index contributed by atoms with van der Waals surface area (Å²) in [6.45, 7) is 6.36. The summed E-state index contributed by atoms with van der Waals surface area (Å²) < 4.78 is 5.20. The second kappa shape index (κ2) is 5.90. The van der Waals surface area contributed by atoms with Crippen molar-refractivity contribution in [2.24, 2.45) is 0 Å². The molecule has 0 aliphatic rings. The van der Waals surface area contributed by atoms with Crippen LogP contribution in [-0.4, -0.2) is 5.91 Å². The van der Waals surface area contributed by atoms with Gasteiger partial charge >= 0.3 is 5.63 Å². The molecule has 0 bridgehead atoms. The number of carbonyl (C=O) groups excluding carboxylic acids is 1. The smallest absolute Gasteiger partial charge is 0.336 e. The Morgan fingerprint density at radius 3 is 2.70 bits per heavy atom. The van der Waals surface area contributed by atoms with Crippen LogP contribution in [0.25, 0.3) is 11.0 Å². The first kappa shape index (κ1) is 14.3. The normalized spacial score (nSPS) is 11.0. The Morgan fingerprint density at radius 2 is 2.05 bits per heavy atom. The molecule has 2 rings (SSSR count). The molecule has 1 aromatic carbocycles. The van der Waals surface area contributed by atoms with Crippen LogP contribution in [0.3, 0.4) is 0 Å². The van der Waals surface area contributed by atoms with Gasteiger partial charge in [-0.3, -0.25) is 4.79 Å². The van der Waals surface area contributed by atoms with Crippen molar-refractivity contribution in [1.29, 1.82) is 0 Å². The van der Waals surface area contributed by atoms with Gasteiger partial charge in [-0.1, -0.05) is 26.8 Å². The van der Waals surface area contributed by atoms with Gasteiger partial charge in [0.05, 0.1) is 0 Å². The van der Waals surface area contributed by atoms with Crippen LogP contribution in [0.4, 0.5) is 0 Å². The van der Waals surface area contributed by atoms with E-state index in [2.05, 4.69) is 19.2 Å². The second-order valence-corrected chi connectivity index (χ2v) is 5.13. The summed E-state index contributed by atoms with van der Waals surface area (Å²) in [6.07, 6.45) is 0.427. The average Bonchev–Trinajstić information content (AvgIpc) is 2.43. The first-order valence-corrected chi connectivity index (χ1v) is 6.84. The molecular weight excluding hydrogens is 254 g/mol. The Hall–Kier alpha value is -2.10. The molecule has 0 aliphatic heterocycles. The van der Waals surface area contributed by atoms with E-state index in [0.717, 1.165) is 10.9 Å². The molecule has 0 saturated heterocycles. The summed E-state index contributed by atoms with van der Waals surface area (Å²) in [5.74, 6) is 0.357. The van der Waals surface area contributed by atoms with Crippen molar-refractivity contribution in [2.45, 2.75) is 39.7 Å². The number of hydrogen-bond acceptors (Lipinski definition) is 3. The van der Waals surface area contributed by atoms with Gasteiger partial charge in [-0.25, -0.2) is 4.79 Å². The third kappa shape index (κ3) is 3.07. The topological polar surface area (TPSA) is 59.3 Å². The van der Waals surface area contributed by atoms with E-state index >= 15 is 0 Å². The maximum atomic E-state index is 11.6. The van der Waals surface area contributed by atoms with Crippen LogP contribution < -0.4 is 10.9 Å². The molecule has 20 heavy (non-hydrogen) atoms. The van der Waals surface area contributed by atoms with Crippen molar-refractivity contribution in [2.75, 3.05) is 0 Å². The largest absolute Gasteiger partial charge is 0.423 e. The molecule has 0 unspecified atom stereocenters. The van der Waals surface area contributed by atoms with Gasteiger partial charge in [-0.15, -0.1) is 0 Å². The van der Waals surface area contributed by atoms with Crippen molar-refractivity contribution in [3.63, 3.8) is 0 Å². The Morgan fingerprint density at radius 1 is 1.30 bits per heavy atom. The second-order valence-electron chi connectivity index (χ2n) is 5.13. The summed E-state index contributed by atoms with van der Waals surface area (Å²) in [7, 11) is 0. The Labute approximate surface area is 117 Å². The van der Waals surface area contributed by atoms with Gasteiger partial charge in [0.2, 0.25) is 5.91 Å². The first-order chi connectivity index (χ1) is 9.51. The zero-order chi connectivity index (χ0) is 14.7. The minimum absolute atomic E-state index is 0.0357. The molecule has 0 radical (unpaired) electrons. The Kier molecular flexibility index (Phi) is 4.23. The summed E-state index contributed by atoms with van der Waals surface area (Å²) in [5.41, 5.74) is 2.13. The summed E-state index contributed by atoms with van der Waals surface area (Å²) >= 11 is 0. The number of rotatable bonds is 4. The van der Waals surface area contributed by atoms with E-state index in [1.54, 1.807) is 6.92 Å². The highest BCUT2D eigenvalue weighted by molar-refractivity contribution is 5.82. The molecule has 0 spiro atoms. The fourth-order valence-corrected chi connectivity index (χ4v) is 2.07. The number of amides is 1. The summed E-state index contributed by atoms with van der Waals surface area (Å²) in [6, 6.07) is 7.25.